The van der Waals surface area contributed by atoms with Crippen molar-refractivity contribution in [2.45, 2.75) is 12.8 Å². The first-order valence-electron chi connectivity index (χ1n) is 5.62. The molecule has 0 saturated carbocycles. The summed E-state index contributed by atoms with van der Waals surface area (Å²) in [5.74, 6) is -2.46. The fourth-order valence-corrected chi connectivity index (χ4v) is 1.70. The van der Waals surface area contributed by atoms with E-state index in [2.05, 4.69) is 0 Å². The molecular weight excluding hydrogens is 236 g/mol. The van der Waals surface area contributed by atoms with Gasteiger partial charge in [-0.05, 0) is 25.0 Å². The van der Waals surface area contributed by atoms with Gasteiger partial charge in [0.1, 0.15) is 11.7 Å². The Kier molecular flexibility index (Phi) is 5.32. The molecule has 98 valence electrons. The van der Waals surface area contributed by atoms with Crippen LogP contribution in [0.15, 0.2) is 24.3 Å². The van der Waals surface area contributed by atoms with Gasteiger partial charge in [0.05, 0.1) is 12.7 Å². The summed E-state index contributed by atoms with van der Waals surface area (Å²) in [6.45, 7) is -0.136. The molecule has 0 amide bonds. The van der Waals surface area contributed by atoms with Gasteiger partial charge < -0.3 is 14.9 Å². The number of carbonyl (C=O) groups excluding carboxylic acids is 1. The average Bonchev–Trinajstić information content (AvgIpc) is 2.38. The number of carboxylic acid groups (broad SMARTS) is 1. The third kappa shape index (κ3) is 3.30. The minimum Gasteiger partial charge on any atom is -0.496 e. The molecule has 0 aliphatic rings. The Balaban J connectivity index is 2.98. The van der Waals surface area contributed by atoms with Crippen molar-refractivity contribution in [1.29, 1.82) is 0 Å². The van der Waals surface area contributed by atoms with E-state index in [1.54, 1.807) is 18.2 Å². The maximum absolute atomic E-state index is 12.1. The first-order valence-corrected chi connectivity index (χ1v) is 5.62. The summed E-state index contributed by atoms with van der Waals surface area (Å²) in [5.41, 5.74) is 0.255. The zero-order valence-corrected chi connectivity index (χ0v) is 10.1. The van der Waals surface area contributed by atoms with Crippen LogP contribution in [-0.2, 0) is 4.79 Å². The van der Waals surface area contributed by atoms with Crippen molar-refractivity contribution in [1.82, 2.24) is 0 Å². The van der Waals surface area contributed by atoms with Crippen LogP contribution < -0.4 is 4.74 Å². The molecule has 0 fully saturated rings. The molecule has 0 aromatic heterocycles. The fraction of sp³-hybridized carbons (Fsp3) is 0.385. The largest absolute Gasteiger partial charge is 0.496 e. The molecule has 2 N–H and O–H groups in total. The molecular formula is C13H16O5. The molecule has 1 aromatic rings. The molecule has 1 rings (SSSR count). The number of para-hydroxylation sites is 1. The first kappa shape index (κ1) is 14.2. The number of hydrogen-bond acceptors (Lipinski definition) is 4. The van der Waals surface area contributed by atoms with E-state index >= 15 is 0 Å². The van der Waals surface area contributed by atoms with Gasteiger partial charge in [0.25, 0.3) is 0 Å². The highest BCUT2D eigenvalue weighted by atomic mass is 16.5. The zero-order valence-electron chi connectivity index (χ0n) is 10.1. The van der Waals surface area contributed by atoms with Gasteiger partial charge in [-0.15, -0.1) is 0 Å². The second kappa shape index (κ2) is 6.76. The number of aliphatic hydroxyl groups excluding tert-OH is 1. The summed E-state index contributed by atoms with van der Waals surface area (Å²) in [5, 5.41) is 17.8. The molecule has 0 aliphatic heterocycles. The van der Waals surface area contributed by atoms with Gasteiger partial charge in [0, 0.05) is 6.61 Å². The molecule has 1 unspecified atom stereocenters. The van der Waals surface area contributed by atoms with Crippen molar-refractivity contribution in [2.75, 3.05) is 13.7 Å². The Morgan fingerprint density at radius 1 is 1.33 bits per heavy atom. The van der Waals surface area contributed by atoms with E-state index in [4.69, 9.17) is 14.9 Å². The van der Waals surface area contributed by atoms with Gasteiger partial charge in [-0.1, -0.05) is 12.1 Å². The molecule has 18 heavy (non-hydrogen) atoms. The highest BCUT2D eigenvalue weighted by Crippen LogP contribution is 2.23. The number of ether oxygens (including phenoxy) is 1. The Morgan fingerprint density at radius 3 is 2.56 bits per heavy atom. The highest BCUT2D eigenvalue weighted by Gasteiger charge is 2.28. The van der Waals surface area contributed by atoms with Crippen molar-refractivity contribution in [2.24, 2.45) is 5.92 Å². The maximum atomic E-state index is 12.1. The summed E-state index contributed by atoms with van der Waals surface area (Å²) in [7, 11) is 1.43. The number of rotatable bonds is 7. The van der Waals surface area contributed by atoms with E-state index in [1.165, 1.54) is 13.2 Å². The fourth-order valence-electron chi connectivity index (χ4n) is 1.70. The van der Waals surface area contributed by atoms with Gasteiger partial charge in [-0.3, -0.25) is 9.59 Å². The third-order valence-electron chi connectivity index (χ3n) is 2.64. The van der Waals surface area contributed by atoms with E-state index in [1.807, 2.05) is 0 Å². The van der Waals surface area contributed by atoms with E-state index in [0.717, 1.165) is 0 Å². The van der Waals surface area contributed by atoms with Crippen LogP contribution in [0.3, 0.4) is 0 Å². The molecule has 0 aliphatic carbocycles. The number of ketones is 1. The molecule has 0 spiro atoms. The van der Waals surface area contributed by atoms with Crippen molar-refractivity contribution >= 4 is 11.8 Å². The van der Waals surface area contributed by atoms with Gasteiger partial charge in [0.2, 0.25) is 0 Å². The Morgan fingerprint density at radius 2 is 2.00 bits per heavy atom. The predicted molar refractivity (Wildman–Crippen MR) is 64.8 cm³/mol. The first-order chi connectivity index (χ1) is 8.61. The van der Waals surface area contributed by atoms with Crippen LogP contribution in [-0.4, -0.2) is 35.7 Å². The number of aliphatic hydroxyl groups is 1. The lowest BCUT2D eigenvalue weighted by atomic mass is 9.93. The summed E-state index contributed by atoms with van der Waals surface area (Å²) >= 11 is 0. The SMILES string of the molecule is COc1ccccc1C(=O)C(CCCO)C(=O)O. The van der Waals surface area contributed by atoms with Crippen LogP contribution in [0.25, 0.3) is 0 Å². The van der Waals surface area contributed by atoms with E-state index in [-0.39, 0.29) is 25.0 Å². The third-order valence-corrected chi connectivity index (χ3v) is 2.64. The quantitative estimate of drug-likeness (QED) is 0.565. The standard InChI is InChI=1S/C13H16O5/c1-18-11-7-3-2-5-9(11)12(15)10(13(16)17)6-4-8-14/h2-3,5,7,10,14H,4,6,8H2,1H3,(H,16,17). The van der Waals surface area contributed by atoms with Crippen LogP contribution in [0.4, 0.5) is 0 Å². The minimum atomic E-state index is -1.18. The number of methoxy groups -OCH3 is 1. The number of carbonyl (C=O) groups is 2. The van der Waals surface area contributed by atoms with E-state index < -0.39 is 17.7 Å². The lowest BCUT2D eigenvalue weighted by Gasteiger charge is -2.13. The van der Waals surface area contributed by atoms with Crippen LogP contribution >= 0.6 is 0 Å². The maximum Gasteiger partial charge on any atom is 0.314 e. The molecule has 0 radical (unpaired) electrons. The molecule has 0 bridgehead atoms. The second-order valence-corrected chi connectivity index (χ2v) is 3.82. The Hall–Kier alpha value is -1.88. The lowest BCUT2D eigenvalue weighted by molar-refractivity contribution is -0.140. The van der Waals surface area contributed by atoms with E-state index in [9.17, 15) is 9.59 Å². The zero-order chi connectivity index (χ0) is 13.5. The van der Waals surface area contributed by atoms with Gasteiger partial charge in [-0.2, -0.15) is 0 Å². The number of aliphatic carboxylic acids is 1. The topological polar surface area (TPSA) is 83.8 Å². The molecule has 1 atom stereocenters. The lowest BCUT2D eigenvalue weighted by Crippen LogP contribution is -2.24. The number of hydrogen-bond donors (Lipinski definition) is 2. The number of Topliss-reactive ketones (excluding diaryl/α,β-unsaturated/α-hetero) is 1. The van der Waals surface area contributed by atoms with Crippen molar-refractivity contribution in [3.8, 4) is 5.75 Å². The second-order valence-electron chi connectivity index (χ2n) is 3.82. The summed E-state index contributed by atoms with van der Waals surface area (Å²) < 4.78 is 5.04. The normalized spacial score (nSPS) is 11.9. The van der Waals surface area contributed by atoms with Crippen molar-refractivity contribution in [3.05, 3.63) is 29.8 Å². The van der Waals surface area contributed by atoms with Gasteiger partial charge in [0.15, 0.2) is 5.78 Å². The minimum absolute atomic E-state index is 0.114. The van der Waals surface area contributed by atoms with E-state index in [0.29, 0.717) is 5.75 Å². The number of benzene rings is 1. The molecule has 5 heteroatoms. The van der Waals surface area contributed by atoms with Crippen LogP contribution in [0.2, 0.25) is 0 Å². The highest BCUT2D eigenvalue weighted by molar-refractivity contribution is 6.09. The van der Waals surface area contributed by atoms with Crippen molar-refractivity contribution in [3.63, 3.8) is 0 Å². The molecule has 1 aromatic carbocycles. The van der Waals surface area contributed by atoms with Crippen LogP contribution in [0.1, 0.15) is 23.2 Å². The summed E-state index contributed by atoms with van der Waals surface area (Å²) in [4.78, 5) is 23.2. The van der Waals surface area contributed by atoms with Crippen LogP contribution in [0, 0.1) is 5.92 Å². The Bertz CT molecular complexity index is 427. The summed E-state index contributed by atoms with van der Waals surface area (Å²) in [6, 6.07) is 6.51. The Labute approximate surface area is 105 Å². The molecule has 0 saturated heterocycles. The van der Waals surface area contributed by atoms with Crippen molar-refractivity contribution < 1.29 is 24.5 Å². The molecule has 0 heterocycles. The molecule has 5 nitrogen and oxygen atoms in total. The smallest absolute Gasteiger partial charge is 0.314 e. The monoisotopic (exact) mass is 252 g/mol. The van der Waals surface area contributed by atoms with Crippen LogP contribution in [0.5, 0.6) is 5.75 Å². The number of carboxylic acids is 1. The average molecular weight is 252 g/mol. The van der Waals surface area contributed by atoms with Gasteiger partial charge in [-0.25, -0.2) is 0 Å². The summed E-state index contributed by atoms with van der Waals surface area (Å²) in [6.07, 6.45) is 0.389. The van der Waals surface area contributed by atoms with Gasteiger partial charge >= 0.3 is 5.97 Å². The predicted octanol–water partition coefficient (Wildman–Crippen LogP) is 1.35.